The highest BCUT2D eigenvalue weighted by atomic mass is 35.5. The molecule has 2 rings (SSSR count). The lowest BCUT2D eigenvalue weighted by molar-refractivity contribution is -0.137. The molecule has 3 N–H and O–H groups in total. The van der Waals surface area contributed by atoms with Gasteiger partial charge in [0.25, 0.3) is 0 Å². The number of nitrogens with two attached hydrogens (primary N) is 1. The third-order valence-electron chi connectivity index (χ3n) is 2.27. The van der Waals surface area contributed by atoms with Crippen LogP contribution in [0.15, 0.2) is 34.9 Å². The molecular weight excluding hydrogens is 230 g/mol. The van der Waals surface area contributed by atoms with Crippen LogP contribution in [-0.4, -0.2) is 11.1 Å². The van der Waals surface area contributed by atoms with Gasteiger partial charge < -0.3 is 15.3 Å². The number of hydrogen-bond acceptors (Lipinski definition) is 3. The summed E-state index contributed by atoms with van der Waals surface area (Å²) in [7, 11) is 0. The molecule has 1 aromatic carbocycles. The van der Waals surface area contributed by atoms with E-state index in [-0.39, 0.29) is 18.8 Å². The second-order valence-electron chi connectivity index (χ2n) is 3.39. The summed E-state index contributed by atoms with van der Waals surface area (Å²) in [6, 6.07) is 6.94. The maximum absolute atomic E-state index is 10.5. The first-order chi connectivity index (χ1) is 7.18. The predicted octanol–water partition coefficient (Wildman–Crippen LogP) is 2.33. The molecule has 0 spiro atoms. The van der Waals surface area contributed by atoms with Crippen LogP contribution in [0.4, 0.5) is 0 Å². The maximum Gasteiger partial charge on any atom is 0.305 e. The number of benzene rings is 1. The Kier molecular flexibility index (Phi) is 3.93. The number of carboxylic acid groups (broad SMARTS) is 1. The van der Waals surface area contributed by atoms with E-state index in [1.807, 2.05) is 24.3 Å². The Bertz CT molecular complexity index is 495. The maximum atomic E-state index is 10.5. The quantitative estimate of drug-likeness (QED) is 0.865. The van der Waals surface area contributed by atoms with Crippen molar-refractivity contribution in [2.75, 3.05) is 0 Å². The molecular formula is C11H12ClNO3. The first-order valence-electron chi connectivity index (χ1n) is 4.62. The van der Waals surface area contributed by atoms with Crippen molar-refractivity contribution in [2.45, 2.75) is 12.5 Å². The van der Waals surface area contributed by atoms with Crippen LogP contribution >= 0.6 is 12.4 Å². The number of hydrogen-bond donors (Lipinski definition) is 2. The SMILES string of the molecule is Cl.NC(CC(=O)O)c1occ2ccccc12. The molecule has 2 aromatic rings. The molecule has 86 valence electrons. The lowest BCUT2D eigenvalue weighted by atomic mass is 10.1. The standard InChI is InChI=1S/C11H11NO3.ClH/c12-9(5-10(13)14)11-8-4-2-1-3-7(8)6-15-11;/h1-4,6,9H,5,12H2,(H,13,14);1H. The summed E-state index contributed by atoms with van der Waals surface area (Å²) < 4.78 is 5.29. The van der Waals surface area contributed by atoms with E-state index in [0.29, 0.717) is 5.76 Å². The molecule has 1 unspecified atom stereocenters. The Hall–Kier alpha value is -1.52. The molecule has 1 aromatic heterocycles. The summed E-state index contributed by atoms with van der Waals surface area (Å²) in [6.07, 6.45) is 1.46. The Balaban J connectivity index is 0.00000128. The van der Waals surface area contributed by atoms with Gasteiger partial charge in [0.05, 0.1) is 18.7 Å². The summed E-state index contributed by atoms with van der Waals surface area (Å²) in [6.45, 7) is 0. The average Bonchev–Trinajstić information content (AvgIpc) is 2.59. The molecule has 0 aliphatic rings. The van der Waals surface area contributed by atoms with Crippen LogP contribution in [-0.2, 0) is 4.79 Å². The number of rotatable bonds is 3. The molecule has 1 heterocycles. The van der Waals surface area contributed by atoms with Gasteiger partial charge in [-0.1, -0.05) is 24.3 Å². The summed E-state index contributed by atoms with van der Waals surface area (Å²) in [5, 5.41) is 10.5. The molecule has 0 radical (unpaired) electrons. The van der Waals surface area contributed by atoms with E-state index in [2.05, 4.69) is 0 Å². The highest BCUT2D eigenvalue weighted by Gasteiger charge is 2.16. The summed E-state index contributed by atoms with van der Waals surface area (Å²) in [4.78, 5) is 10.5. The molecule has 16 heavy (non-hydrogen) atoms. The molecule has 0 bridgehead atoms. The normalized spacial score (nSPS) is 12.1. The van der Waals surface area contributed by atoms with Crippen LogP contribution in [0.25, 0.3) is 10.8 Å². The molecule has 0 aliphatic carbocycles. The van der Waals surface area contributed by atoms with Crippen molar-refractivity contribution in [3.8, 4) is 0 Å². The summed E-state index contributed by atoms with van der Waals surface area (Å²) in [5.74, 6) is -0.393. The second kappa shape index (κ2) is 5.01. The first-order valence-corrected chi connectivity index (χ1v) is 4.62. The van der Waals surface area contributed by atoms with Crippen molar-refractivity contribution < 1.29 is 14.3 Å². The van der Waals surface area contributed by atoms with Crippen LogP contribution in [0.5, 0.6) is 0 Å². The van der Waals surface area contributed by atoms with Crippen molar-refractivity contribution in [3.63, 3.8) is 0 Å². The minimum atomic E-state index is -0.928. The lowest BCUT2D eigenvalue weighted by Gasteiger charge is -2.05. The topological polar surface area (TPSA) is 76.5 Å². The van der Waals surface area contributed by atoms with Gasteiger partial charge >= 0.3 is 5.97 Å². The van der Waals surface area contributed by atoms with E-state index >= 15 is 0 Å². The number of furan rings is 1. The van der Waals surface area contributed by atoms with Crippen molar-refractivity contribution in [1.82, 2.24) is 0 Å². The number of halogens is 1. The van der Waals surface area contributed by atoms with Crippen LogP contribution in [0.2, 0.25) is 0 Å². The number of carboxylic acids is 1. The zero-order valence-corrected chi connectivity index (χ0v) is 9.24. The molecule has 0 saturated carbocycles. The Morgan fingerprint density at radius 3 is 2.81 bits per heavy atom. The fourth-order valence-corrected chi connectivity index (χ4v) is 1.58. The van der Waals surface area contributed by atoms with E-state index < -0.39 is 12.0 Å². The van der Waals surface area contributed by atoms with Gasteiger partial charge in [0.2, 0.25) is 0 Å². The molecule has 0 amide bonds. The molecule has 0 fully saturated rings. The lowest BCUT2D eigenvalue weighted by Crippen LogP contribution is -2.14. The number of aliphatic carboxylic acids is 1. The van der Waals surface area contributed by atoms with Gasteiger partial charge in [0.15, 0.2) is 0 Å². The second-order valence-corrected chi connectivity index (χ2v) is 3.39. The van der Waals surface area contributed by atoms with Crippen LogP contribution < -0.4 is 5.73 Å². The minimum absolute atomic E-state index is 0. The van der Waals surface area contributed by atoms with Crippen molar-refractivity contribution in [1.29, 1.82) is 0 Å². The predicted molar refractivity (Wildman–Crippen MR) is 62.6 cm³/mol. The van der Waals surface area contributed by atoms with Crippen molar-refractivity contribution in [2.24, 2.45) is 5.73 Å². The van der Waals surface area contributed by atoms with Gasteiger partial charge in [-0.05, 0) is 0 Å². The van der Waals surface area contributed by atoms with Gasteiger partial charge in [-0.15, -0.1) is 12.4 Å². The molecule has 5 heteroatoms. The fourth-order valence-electron chi connectivity index (χ4n) is 1.58. The van der Waals surface area contributed by atoms with Gasteiger partial charge in [-0.2, -0.15) is 0 Å². The monoisotopic (exact) mass is 241 g/mol. The fraction of sp³-hybridized carbons (Fsp3) is 0.182. The van der Waals surface area contributed by atoms with Crippen molar-refractivity contribution >= 4 is 29.1 Å². The van der Waals surface area contributed by atoms with Crippen molar-refractivity contribution in [3.05, 3.63) is 36.3 Å². The smallest absolute Gasteiger partial charge is 0.305 e. The van der Waals surface area contributed by atoms with Crippen LogP contribution in [0, 0.1) is 0 Å². The van der Waals surface area contributed by atoms with E-state index in [4.69, 9.17) is 15.3 Å². The number of fused-ring (bicyclic) bond motifs is 1. The third-order valence-corrected chi connectivity index (χ3v) is 2.27. The highest BCUT2D eigenvalue weighted by Crippen LogP contribution is 2.26. The molecule has 0 aliphatic heterocycles. The Morgan fingerprint density at radius 1 is 1.44 bits per heavy atom. The van der Waals surface area contributed by atoms with Gasteiger partial charge in [0.1, 0.15) is 5.76 Å². The Morgan fingerprint density at radius 2 is 2.12 bits per heavy atom. The summed E-state index contributed by atoms with van der Waals surface area (Å²) >= 11 is 0. The van der Waals surface area contributed by atoms with Gasteiger partial charge in [-0.25, -0.2) is 0 Å². The summed E-state index contributed by atoms with van der Waals surface area (Å²) in [5.41, 5.74) is 5.73. The van der Waals surface area contributed by atoms with Crippen LogP contribution in [0.3, 0.4) is 0 Å². The minimum Gasteiger partial charge on any atom is -0.481 e. The molecule has 4 nitrogen and oxygen atoms in total. The first kappa shape index (κ1) is 12.5. The molecule has 1 atom stereocenters. The zero-order chi connectivity index (χ0) is 10.8. The largest absolute Gasteiger partial charge is 0.481 e. The average molecular weight is 242 g/mol. The van der Waals surface area contributed by atoms with E-state index in [1.54, 1.807) is 6.26 Å². The van der Waals surface area contributed by atoms with E-state index in [9.17, 15) is 4.79 Å². The van der Waals surface area contributed by atoms with E-state index in [0.717, 1.165) is 10.8 Å². The van der Waals surface area contributed by atoms with Gasteiger partial charge in [0, 0.05) is 10.8 Å². The van der Waals surface area contributed by atoms with Gasteiger partial charge in [-0.3, -0.25) is 4.79 Å². The zero-order valence-electron chi connectivity index (χ0n) is 8.42. The Labute approximate surface area is 98.5 Å². The van der Waals surface area contributed by atoms with Crippen LogP contribution in [0.1, 0.15) is 18.2 Å². The van der Waals surface area contributed by atoms with E-state index in [1.165, 1.54) is 0 Å². The highest BCUT2D eigenvalue weighted by molar-refractivity contribution is 5.85. The third kappa shape index (κ3) is 2.35. The molecule has 0 saturated heterocycles. The number of carbonyl (C=O) groups is 1.